The minimum Gasteiger partial charge on any atom is -0.395 e. The maximum Gasteiger partial charge on any atom is 0.234 e. The van der Waals surface area contributed by atoms with E-state index in [0.29, 0.717) is 16.8 Å². The maximum atomic E-state index is 12.2. The zero-order valence-electron chi connectivity index (χ0n) is 19.5. The van der Waals surface area contributed by atoms with Crippen molar-refractivity contribution in [1.82, 2.24) is 24.9 Å². The number of aliphatic hydroxyl groups is 1. The Kier molecular flexibility index (Phi) is 5.44. The van der Waals surface area contributed by atoms with Crippen LogP contribution >= 0.6 is 0 Å². The van der Waals surface area contributed by atoms with Crippen LogP contribution in [0.5, 0.6) is 0 Å². The second kappa shape index (κ2) is 8.52. The van der Waals surface area contributed by atoms with Gasteiger partial charge in [0.1, 0.15) is 11.4 Å². The SMILES string of the molecule is O=S(=O)(CCO)Nc1ccc(-n2cc(-c3ccn(N4CCC4)n3)nn2)c(N2CCC3(CC2)CC3)c1. The normalized spacial score (nSPS) is 19.1. The van der Waals surface area contributed by atoms with Crippen molar-refractivity contribution in [1.29, 1.82) is 0 Å². The monoisotopic (exact) mass is 498 g/mol. The number of piperidine rings is 1. The van der Waals surface area contributed by atoms with Crippen LogP contribution in [0.15, 0.2) is 36.7 Å². The number of aromatic nitrogens is 5. The summed E-state index contributed by atoms with van der Waals surface area (Å²) in [6, 6.07) is 7.38. The van der Waals surface area contributed by atoms with Crippen molar-refractivity contribution >= 4 is 21.4 Å². The van der Waals surface area contributed by atoms with Crippen molar-refractivity contribution in [3.8, 4) is 17.1 Å². The second-order valence-electron chi connectivity index (χ2n) is 9.81. The molecule has 3 aliphatic rings. The molecular formula is C23H30N8O3S. The highest BCUT2D eigenvalue weighted by molar-refractivity contribution is 7.92. The van der Waals surface area contributed by atoms with Crippen LogP contribution < -0.4 is 14.6 Å². The van der Waals surface area contributed by atoms with Crippen LogP contribution in [0.3, 0.4) is 0 Å². The average Bonchev–Trinajstić information content (AvgIpc) is 3.18. The number of sulfonamides is 1. The summed E-state index contributed by atoms with van der Waals surface area (Å²) in [6.07, 6.45) is 9.89. The third-order valence-electron chi connectivity index (χ3n) is 7.43. The van der Waals surface area contributed by atoms with Gasteiger partial charge in [-0.05, 0) is 61.8 Å². The Morgan fingerprint density at radius 1 is 1.00 bits per heavy atom. The van der Waals surface area contributed by atoms with Gasteiger partial charge in [-0.2, -0.15) is 9.89 Å². The fraction of sp³-hybridized carbons (Fsp3) is 0.522. The van der Waals surface area contributed by atoms with Gasteiger partial charge in [0.25, 0.3) is 0 Å². The zero-order valence-corrected chi connectivity index (χ0v) is 20.4. The first-order chi connectivity index (χ1) is 16.9. The lowest BCUT2D eigenvalue weighted by atomic mass is 9.93. The minimum absolute atomic E-state index is 0.340. The summed E-state index contributed by atoms with van der Waals surface area (Å²) in [5.41, 5.74) is 4.17. The van der Waals surface area contributed by atoms with Gasteiger partial charge in [-0.15, -0.1) is 5.10 Å². The molecular weight excluding hydrogens is 468 g/mol. The molecule has 1 spiro atoms. The molecule has 1 aliphatic carbocycles. The van der Waals surface area contributed by atoms with Crippen molar-refractivity contribution in [3.63, 3.8) is 0 Å². The standard InChI is InChI=1S/C23H30N8O3S/c32-14-15-35(33,34)26-18-2-3-21(22(16-18)28-12-7-23(5-6-23)8-13-28)30-17-20(24-27-30)19-4-11-31(25-19)29-9-1-10-29/h2-4,11,16-17,26,32H,1,5-10,12-15H2. The highest BCUT2D eigenvalue weighted by Gasteiger charge is 2.44. The molecule has 35 heavy (non-hydrogen) atoms. The van der Waals surface area contributed by atoms with E-state index in [1.165, 1.54) is 19.3 Å². The minimum atomic E-state index is -3.62. The van der Waals surface area contributed by atoms with Gasteiger partial charge in [-0.3, -0.25) is 9.73 Å². The fourth-order valence-electron chi connectivity index (χ4n) is 4.90. The first kappa shape index (κ1) is 22.4. The number of aliphatic hydroxyl groups excluding tert-OH is 1. The van der Waals surface area contributed by atoms with Crippen LogP contribution in [0, 0.1) is 5.41 Å². The molecule has 186 valence electrons. The van der Waals surface area contributed by atoms with Crippen LogP contribution in [0.2, 0.25) is 0 Å². The summed E-state index contributed by atoms with van der Waals surface area (Å²) in [4.78, 5) is 4.17. The highest BCUT2D eigenvalue weighted by atomic mass is 32.2. The Balaban J connectivity index is 1.31. The van der Waals surface area contributed by atoms with Crippen LogP contribution in [0.1, 0.15) is 32.1 Å². The number of hydrogen-bond donors (Lipinski definition) is 2. The summed E-state index contributed by atoms with van der Waals surface area (Å²) in [6.45, 7) is 3.42. The lowest BCUT2D eigenvalue weighted by Crippen LogP contribution is -2.46. The quantitative estimate of drug-likeness (QED) is 0.480. The predicted molar refractivity (Wildman–Crippen MR) is 133 cm³/mol. The molecule has 0 amide bonds. The number of anilines is 2. The van der Waals surface area contributed by atoms with Gasteiger partial charge in [0.15, 0.2) is 0 Å². The molecule has 0 atom stereocenters. The third kappa shape index (κ3) is 4.47. The Morgan fingerprint density at radius 2 is 1.80 bits per heavy atom. The highest BCUT2D eigenvalue weighted by Crippen LogP contribution is 2.54. The molecule has 2 aliphatic heterocycles. The van der Waals surface area contributed by atoms with E-state index < -0.39 is 16.6 Å². The second-order valence-corrected chi connectivity index (χ2v) is 11.7. The van der Waals surface area contributed by atoms with Crippen LogP contribution in [-0.4, -0.2) is 76.9 Å². The Morgan fingerprint density at radius 3 is 2.49 bits per heavy atom. The Bertz CT molecular complexity index is 1320. The molecule has 3 aromatic rings. The summed E-state index contributed by atoms with van der Waals surface area (Å²) in [5, 5.41) is 24.6. The van der Waals surface area contributed by atoms with Crippen molar-refractivity contribution in [3.05, 3.63) is 36.7 Å². The molecule has 0 bridgehead atoms. The van der Waals surface area contributed by atoms with Gasteiger partial charge in [0, 0.05) is 32.4 Å². The molecule has 1 aromatic carbocycles. The topological polar surface area (TPSA) is 121 Å². The largest absolute Gasteiger partial charge is 0.395 e. The molecule has 2 aromatic heterocycles. The van der Waals surface area contributed by atoms with E-state index in [4.69, 9.17) is 5.11 Å². The van der Waals surface area contributed by atoms with Gasteiger partial charge >= 0.3 is 0 Å². The fourth-order valence-corrected chi connectivity index (χ4v) is 5.72. The van der Waals surface area contributed by atoms with E-state index in [2.05, 4.69) is 30.0 Å². The van der Waals surface area contributed by atoms with Gasteiger partial charge in [-0.25, -0.2) is 13.1 Å². The van der Waals surface area contributed by atoms with Gasteiger partial charge in [0.05, 0.1) is 35.6 Å². The van der Waals surface area contributed by atoms with E-state index in [1.807, 2.05) is 35.4 Å². The van der Waals surface area contributed by atoms with Crippen LogP contribution in [0.25, 0.3) is 17.1 Å². The summed E-state index contributed by atoms with van der Waals surface area (Å²) in [5.74, 6) is -0.340. The molecule has 12 heteroatoms. The Hall–Kier alpha value is -3.12. The van der Waals surface area contributed by atoms with E-state index in [0.717, 1.165) is 56.1 Å². The molecule has 11 nitrogen and oxygen atoms in total. The van der Waals surface area contributed by atoms with Gasteiger partial charge in [0.2, 0.25) is 10.0 Å². The lowest BCUT2D eigenvalue weighted by Gasteiger charge is -2.35. The van der Waals surface area contributed by atoms with E-state index in [9.17, 15) is 8.42 Å². The molecule has 2 N–H and O–H groups in total. The van der Waals surface area contributed by atoms with Gasteiger partial charge < -0.3 is 10.0 Å². The number of hydrogen-bond acceptors (Lipinski definition) is 8. The number of rotatable bonds is 8. The summed E-state index contributed by atoms with van der Waals surface area (Å²) in [7, 11) is -3.62. The van der Waals surface area contributed by atoms with Crippen LogP contribution in [-0.2, 0) is 10.0 Å². The van der Waals surface area contributed by atoms with Crippen molar-refractivity contribution in [2.75, 3.05) is 53.2 Å². The molecule has 6 rings (SSSR count). The molecule has 2 saturated heterocycles. The molecule has 0 unspecified atom stereocenters. The first-order valence-corrected chi connectivity index (χ1v) is 13.8. The van der Waals surface area contributed by atoms with Crippen LogP contribution in [0.4, 0.5) is 11.4 Å². The van der Waals surface area contributed by atoms with E-state index in [-0.39, 0.29) is 5.75 Å². The number of benzene rings is 1. The van der Waals surface area contributed by atoms with E-state index >= 15 is 0 Å². The average molecular weight is 499 g/mol. The van der Waals surface area contributed by atoms with Crippen molar-refractivity contribution in [2.45, 2.75) is 32.1 Å². The van der Waals surface area contributed by atoms with E-state index in [1.54, 1.807) is 10.7 Å². The Labute approximate surface area is 204 Å². The van der Waals surface area contributed by atoms with Gasteiger partial charge in [-0.1, -0.05) is 5.21 Å². The summed E-state index contributed by atoms with van der Waals surface area (Å²) < 4.78 is 28.8. The van der Waals surface area contributed by atoms with Crippen molar-refractivity contribution < 1.29 is 13.5 Å². The predicted octanol–water partition coefficient (Wildman–Crippen LogP) is 1.59. The third-order valence-corrected chi connectivity index (χ3v) is 8.70. The smallest absolute Gasteiger partial charge is 0.234 e. The molecule has 3 fully saturated rings. The maximum absolute atomic E-state index is 12.2. The molecule has 0 radical (unpaired) electrons. The summed E-state index contributed by atoms with van der Waals surface area (Å²) >= 11 is 0. The molecule has 4 heterocycles. The first-order valence-electron chi connectivity index (χ1n) is 12.2. The lowest BCUT2D eigenvalue weighted by molar-refractivity contribution is 0.320. The van der Waals surface area contributed by atoms with Crippen molar-refractivity contribution in [2.24, 2.45) is 5.41 Å². The number of nitrogens with zero attached hydrogens (tertiary/aromatic N) is 7. The zero-order chi connectivity index (χ0) is 24.0. The molecule has 1 saturated carbocycles. The number of nitrogens with one attached hydrogen (secondary N) is 1.